The summed E-state index contributed by atoms with van der Waals surface area (Å²) in [7, 11) is 0. The van der Waals surface area contributed by atoms with Crippen LogP contribution in [-0.4, -0.2) is 0 Å². The van der Waals surface area contributed by atoms with Crippen molar-refractivity contribution in [2.24, 2.45) is 5.92 Å². The molecule has 0 aliphatic carbocycles. The third kappa shape index (κ3) is 28.2. The van der Waals surface area contributed by atoms with Gasteiger partial charge in [0.2, 0.25) is 0 Å². The second kappa shape index (κ2) is 31.0. The van der Waals surface area contributed by atoms with Crippen LogP contribution < -0.4 is 0 Å². The zero-order chi connectivity index (χ0) is 24.8. The number of unbranched alkanes of at least 4 members (excludes halogenated alkanes) is 24. The summed E-state index contributed by atoms with van der Waals surface area (Å²) in [5.41, 5.74) is 0. The molecule has 0 saturated carbocycles. The molecule has 0 rings (SSSR count). The zero-order valence-electron chi connectivity index (χ0n) is 24.5. The van der Waals surface area contributed by atoms with Crippen LogP contribution in [0.4, 0.5) is 0 Å². The molecule has 0 heteroatoms. The molecule has 0 spiro atoms. The highest BCUT2D eigenvalue weighted by Gasteiger charge is 2.08. The normalized spacial score (nSPS) is 12.4. The van der Waals surface area contributed by atoms with Crippen molar-refractivity contribution in [2.75, 3.05) is 0 Å². The van der Waals surface area contributed by atoms with E-state index in [0.717, 1.165) is 12.3 Å². The molecule has 0 nitrogen and oxygen atoms in total. The van der Waals surface area contributed by atoms with Gasteiger partial charge in [-0.15, -0.1) is 0 Å². The average molecular weight is 478 g/mol. The third-order valence-electron chi connectivity index (χ3n) is 8.04. The van der Waals surface area contributed by atoms with Gasteiger partial charge in [0.15, 0.2) is 0 Å². The maximum Gasteiger partial charge on any atom is -0.0414 e. The fraction of sp³-hybridized carbons (Fsp3) is 0.971. The lowest BCUT2D eigenvalue weighted by Crippen LogP contribution is -2.01. The van der Waals surface area contributed by atoms with Crippen molar-refractivity contribution < 1.29 is 0 Å². The molecule has 0 saturated heterocycles. The standard InChI is InChI=1S/C34H69/c1-4-7-10-12-14-16-17-18-19-20-21-22-23-25-27-30-33-34(31-28-9-6-3)32-29-26-24-15-13-11-8-5-2/h34H,3-33H2,1-2H3. The summed E-state index contributed by atoms with van der Waals surface area (Å²) in [4.78, 5) is 0. The SMILES string of the molecule is [CH2]CCCCC(CCCCCCCCCC)CCCCCCCCCCCCCCCCCC. The van der Waals surface area contributed by atoms with Gasteiger partial charge in [-0.2, -0.15) is 0 Å². The van der Waals surface area contributed by atoms with Crippen LogP contribution in [-0.2, 0) is 0 Å². The van der Waals surface area contributed by atoms with E-state index in [0.29, 0.717) is 0 Å². The highest BCUT2D eigenvalue weighted by molar-refractivity contribution is 4.62. The Morgan fingerprint density at radius 1 is 0.324 bits per heavy atom. The Bertz CT molecular complexity index is 333. The molecule has 1 atom stereocenters. The van der Waals surface area contributed by atoms with E-state index in [1.807, 2.05) is 0 Å². The molecule has 0 aromatic carbocycles. The summed E-state index contributed by atoms with van der Waals surface area (Å²) < 4.78 is 0. The van der Waals surface area contributed by atoms with Crippen LogP contribution in [0.2, 0.25) is 0 Å². The van der Waals surface area contributed by atoms with E-state index in [1.165, 1.54) is 186 Å². The van der Waals surface area contributed by atoms with Crippen molar-refractivity contribution in [1.82, 2.24) is 0 Å². The van der Waals surface area contributed by atoms with Gasteiger partial charge in [0.1, 0.15) is 0 Å². The Labute approximate surface area is 219 Å². The molecule has 1 unspecified atom stereocenters. The van der Waals surface area contributed by atoms with Crippen LogP contribution in [0.25, 0.3) is 0 Å². The average Bonchev–Trinajstić information content (AvgIpc) is 2.85. The maximum atomic E-state index is 4.05. The van der Waals surface area contributed by atoms with Crippen LogP contribution in [0.3, 0.4) is 0 Å². The van der Waals surface area contributed by atoms with E-state index in [2.05, 4.69) is 20.8 Å². The quantitative estimate of drug-likeness (QED) is 0.0902. The largest absolute Gasteiger partial charge is 0.0654 e. The molecule has 0 fully saturated rings. The molecular weight excluding hydrogens is 408 g/mol. The Morgan fingerprint density at radius 3 is 0.824 bits per heavy atom. The van der Waals surface area contributed by atoms with Gasteiger partial charge >= 0.3 is 0 Å². The topological polar surface area (TPSA) is 0 Å². The molecule has 205 valence electrons. The maximum absolute atomic E-state index is 4.05. The lowest BCUT2D eigenvalue weighted by atomic mass is 9.89. The summed E-state index contributed by atoms with van der Waals surface area (Å²) in [6, 6.07) is 0. The highest BCUT2D eigenvalue weighted by atomic mass is 14.1. The monoisotopic (exact) mass is 478 g/mol. The lowest BCUT2D eigenvalue weighted by Gasteiger charge is -2.17. The van der Waals surface area contributed by atoms with Gasteiger partial charge in [-0.1, -0.05) is 213 Å². The second-order valence-electron chi connectivity index (χ2n) is 11.6. The molecule has 0 bridgehead atoms. The van der Waals surface area contributed by atoms with E-state index in [4.69, 9.17) is 0 Å². The summed E-state index contributed by atoms with van der Waals surface area (Å²) in [5.74, 6) is 1.01. The van der Waals surface area contributed by atoms with Gasteiger partial charge in [-0.3, -0.25) is 0 Å². The first-order valence-corrected chi connectivity index (χ1v) is 16.6. The third-order valence-corrected chi connectivity index (χ3v) is 8.04. The summed E-state index contributed by atoms with van der Waals surface area (Å²) >= 11 is 0. The predicted molar refractivity (Wildman–Crippen MR) is 159 cm³/mol. The van der Waals surface area contributed by atoms with Crippen LogP contribution in [0.5, 0.6) is 0 Å². The smallest absolute Gasteiger partial charge is 0.0414 e. The van der Waals surface area contributed by atoms with Gasteiger partial charge in [-0.05, 0) is 5.92 Å². The van der Waals surface area contributed by atoms with Crippen LogP contribution in [0.15, 0.2) is 0 Å². The van der Waals surface area contributed by atoms with Gasteiger partial charge in [0.05, 0.1) is 0 Å². The van der Waals surface area contributed by atoms with Crippen molar-refractivity contribution in [3.05, 3.63) is 6.92 Å². The van der Waals surface area contributed by atoms with Gasteiger partial charge in [-0.25, -0.2) is 0 Å². The van der Waals surface area contributed by atoms with Crippen molar-refractivity contribution in [2.45, 2.75) is 206 Å². The van der Waals surface area contributed by atoms with Gasteiger partial charge in [0, 0.05) is 0 Å². The van der Waals surface area contributed by atoms with Crippen LogP contribution >= 0.6 is 0 Å². The van der Waals surface area contributed by atoms with E-state index in [1.54, 1.807) is 0 Å². The van der Waals surface area contributed by atoms with Gasteiger partial charge < -0.3 is 0 Å². The molecule has 1 radical (unpaired) electrons. The van der Waals surface area contributed by atoms with E-state index < -0.39 is 0 Å². The molecule has 0 amide bonds. The Balaban J connectivity index is 3.51. The minimum atomic E-state index is 1.01. The second-order valence-corrected chi connectivity index (χ2v) is 11.6. The Hall–Kier alpha value is 0. The summed E-state index contributed by atoms with van der Waals surface area (Å²) in [6.45, 7) is 8.67. The first-order chi connectivity index (χ1) is 16.8. The number of rotatable bonds is 30. The van der Waals surface area contributed by atoms with Crippen molar-refractivity contribution >= 4 is 0 Å². The molecule has 0 aromatic heterocycles. The zero-order valence-corrected chi connectivity index (χ0v) is 24.5. The fourth-order valence-electron chi connectivity index (χ4n) is 5.59. The van der Waals surface area contributed by atoms with Crippen LogP contribution in [0, 0.1) is 12.8 Å². The molecule has 34 heavy (non-hydrogen) atoms. The number of hydrogen-bond acceptors (Lipinski definition) is 0. The van der Waals surface area contributed by atoms with Crippen LogP contribution in [0.1, 0.15) is 206 Å². The van der Waals surface area contributed by atoms with Gasteiger partial charge in [0.25, 0.3) is 0 Å². The van der Waals surface area contributed by atoms with Crippen molar-refractivity contribution in [3.63, 3.8) is 0 Å². The minimum Gasteiger partial charge on any atom is -0.0654 e. The molecule has 0 aliphatic rings. The predicted octanol–water partition coefficient (Wildman–Crippen LogP) is 13.2. The van der Waals surface area contributed by atoms with E-state index in [-0.39, 0.29) is 0 Å². The first kappa shape index (κ1) is 34.0. The molecule has 0 aromatic rings. The Kier molecular flexibility index (Phi) is 31.0. The first-order valence-electron chi connectivity index (χ1n) is 16.6. The lowest BCUT2D eigenvalue weighted by molar-refractivity contribution is 0.368. The number of hydrogen-bond donors (Lipinski definition) is 0. The molecule has 0 heterocycles. The summed E-state index contributed by atoms with van der Waals surface area (Å²) in [6.07, 6.45) is 43.7. The summed E-state index contributed by atoms with van der Waals surface area (Å²) in [5, 5.41) is 0. The fourth-order valence-corrected chi connectivity index (χ4v) is 5.59. The molecule has 0 aliphatic heterocycles. The van der Waals surface area contributed by atoms with Crippen molar-refractivity contribution in [1.29, 1.82) is 0 Å². The molecular formula is C34H69. The van der Waals surface area contributed by atoms with Crippen molar-refractivity contribution in [3.8, 4) is 0 Å². The van der Waals surface area contributed by atoms with E-state index >= 15 is 0 Å². The molecule has 0 N–H and O–H groups in total. The minimum absolute atomic E-state index is 1.01. The highest BCUT2D eigenvalue weighted by Crippen LogP contribution is 2.24. The Morgan fingerprint density at radius 2 is 0.559 bits per heavy atom. The van der Waals surface area contributed by atoms with E-state index in [9.17, 15) is 0 Å².